The molecule has 0 radical (unpaired) electrons. The van der Waals surface area contributed by atoms with Crippen LogP contribution in [0, 0.1) is 5.92 Å². The number of carbonyl (C=O) groups is 11. The number of aromatic hydroxyl groups is 3. The highest BCUT2D eigenvalue weighted by Gasteiger charge is 2.53. The maximum atomic E-state index is 16.5. The Morgan fingerprint density at radius 1 is 0.689 bits per heavy atom. The molecule has 9 amide bonds. The Bertz CT molecular complexity index is 5270. The van der Waals surface area contributed by atoms with E-state index in [2.05, 4.69) is 54.8 Å². The molecule has 7 heterocycles. The summed E-state index contributed by atoms with van der Waals surface area (Å²) >= 11 is 14.4. The molecular formula is C86H114Cl2N12O33P2. The van der Waals surface area contributed by atoms with Crippen molar-refractivity contribution >= 4 is 104 Å². The molecule has 18 atom stereocenters. The van der Waals surface area contributed by atoms with Gasteiger partial charge in [0.1, 0.15) is 102 Å². The number of hydrogen-bond acceptors (Lipinski definition) is 31. The summed E-state index contributed by atoms with van der Waals surface area (Å²) in [6.07, 6.45) is -12.7. The lowest BCUT2D eigenvalue weighted by Gasteiger charge is -2.48. The van der Waals surface area contributed by atoms with E-state index in [0.29, 0.717) is 19.4 Å². The number of halogens is 2. The summed E-state index contributed by atoms with van der Waals surface area (Å²) < 4.78 is 63.5. The molecule has 12 rings (SSSR count). The molecular weight excluding hydrogens is 1860 g/mol. The molecule has 7 aliphatic heterocycles. The van der Waals surface area contributed by atoms with Crippen LogP contribution in [0.2, 0.25) is 10.0 Å². The Morgan fingerprint density at radius 3 is 1.88 bits per heavy atom. The van der Waals surface area contributed by atoms with Crippen molar-refractivity contribution in [2.45, 2.75) is 239 Å². The number of ether oxygens (including phenoxy) is 6. The van der Waals surface area contributed by atoms with Crippen molar-refractivity contribution in [1.29, 1.82) is 0 Å². The number of nitrogens with one attached hydrogen (secondary N) is 10. The number of unbranched alkanes of at least 4 members (excludes halogenated alkanes) is 7. The Kier molecular flexibility index (Phi) is 36.9. The Labute approximate surface area is 783 Å². The van der Waals surface area contributed by atoms with E-state index in [1.807, 2.05) is 0 Å². The summed E-state index contributed by atoms with van der Waals surface area (Å²) in [5, 5.41) is 143. The molecule has 11 bridgehead atoms. The molecule has 740 valence electrons. The molecule has 2 fully saturated rings. The van der Waals surface area contributed by atoms with E-state index < -0.39 is 317 Å². The molecule has 0 spiro atoms. The van der Waals surface area contributed by atoms with Crippen molar-refractivity contribution in [2.75, 3.05) is 39.8 Å². The number of aldehydes is 1. The zero-order valence-electron chi connectivity index (χ0n) is 74.1. The van der Waals surface area contributed by atoms with Gasteiger partial charge in [0.25, 0.3) is 0 Å². The largest absolute Gasteiger partial charge is 0.507 e. The average molecular weight is 1980 g/mol. The van der Waals surface area contributed by atoms with Gasteiger partial charge in [-0.15, -0.1) is 0 Å². The monoisotopic (exact) mass is 1970 g/mol. The van der Waals surface area contributed by atoms with E-state index in [1.54, 1.807) is 27.7 Å². The summed E-state index contributed by atoms with van der Waals surface area (Å²) in [6, 6.07) is -4.31. The highest BCUT2D eigenvalue weighted by molar-refractivity contribution is 7.70. The predicted octanol–water partition coefficient (Wildman–Crippen LogP) is 1.53. The van der Waals surface area contributed by atoms with Gasteiger partial charge in [0.05, 0.1) is 47.4 Å². The Balaban J connectivity index is 1.15. The second-order valence-corrected chi connectivity index (χ2v) is 38.7. The fraction of sp³-hybridized carbons (Fsp3) is 0.523. The lowest BCUT2D eigenvalue weighted by Crippen LogP contribution is -2.65. The number of hydrogen-bond donors (Lipinski definition) is 25. The van der Waals surface area contributed by atoms with E-state index in [0.717, 1.165) is 123 Å². The third-order valence-electron chi connectivity index (χ3n) is 23.6. The number of fused-ring (bicyclic) bond motifs is 15. The van der Waals surface area contributed by atoms with E-state index >= 15 is 28.8 Å². The van der Waals surface area contributed by atoms with Crippen LogP contribution in [0.5, 0.6) is 46.0 Å². The van der Waals surface area contributed by atoms with E-state index in [4.69, 9.17) is 57.4 Å². The zero-order valence-corrected chi connectivity index (χ0v) is 77.4. The van der Waals surface area contributed by atoms with Crippen LogP contribution < -0.4 is 73.1 Å². The first-order valence-electron chi connectivity index (χ1n) is 43.5. The zero-order chi connectivity index (χ0) is 99.2. The average Bonchev–Trinajstić information content (AvgIpc) is 0.752. The maximum absolute atomic E-state index is 16.5. The van der Waals surface area contributed by atoms with Crippen molar-refractivity contribution in [3.8, 4) is 57.1 Å². The topological polar surface area (TPSA) is 710 Å². The van der Waals surface area contributed by atoms with Crippen LogP contribution >= 0.6 is 38.4 Å². The molecule has 0 aromatic heterocycles. The number of aliphatic carboxylic acids is 1. The molecule has 7 aliphatic rings. The number of nitrogens with two attached hydrogens (primary N) is 1. The number of likely N-dealkylation sites (N-methyl/N-ethyl adjacent to an activating group) is 1. The first-order chi connectivity index (χ1) is 63.7. The van der Waals surface area contributed by atoms with Crippen LogP contribution in [0.15, 0.2) is 72.8 Å². The third-order valence-corrected chi connectivity index (χ3v) is 27.5. The fourth-order valence-electron chi connectivity index (χ4n) is 16.3. The van der Waals surface area contributed by atoms with Gasteiger partial charge in [-0.1, -0.05) is 107 Å². The molecule has 5 aromatic carbocycles. The highest BCUT2D eigenvalue weighted by atomic mass is 35.5. The molecule has 49 heteroatoms. The molecule has 0 aliphatic carbocycles. The van der Waals surface area contributed by atoms with Gasteiger partial charge in [-0.3, -0.25) is 52.3 Å². The lowest BCUT2D eigenvalue weighted by atomic mass is 9.85. The number of carbonyl (C=O) groups excluding carboxylic acids is 10. The normalized spacial score (nSPS) is 25.2. The summed E-state index contributed by atoms with van der Waals surface area (Å²) in [7, 11) is -10.4. The molecule has 14 unspecified atom stereocenters. The van der Waals surface area contributed by atoms with Crippen LogP contribution in [0.25, 0.3) is 11.1 Å². The van der Waals surface area contributed by atoms with Gasteiger partial charge < -0.3 is 168 Å². The highest BCUT2D eigenvalue weighted by Crippen LogP contribution is 2.59. The van der Waals surface area contributed by atoms with Gasteiger partial charge in [-0.2, -0.15) is 0 Å². The van der Waals surface area contributed by atoms with Crippen molar-refractivity contribution in [3.63, 3.8) is 0 Å². The number of primary amides is 1. The molecule has 5 aromatic rings. The minimum atomic E-state index is -5.73. The molecule has 0 saturated carbocycles. The summed E-state index contributed by atoms with van der Waals surface area (Å²) in [4.78, 5) is 199. The number of amides is 9. The lowest BCUT2D eigenvalue weighted by molar-refractivity contribution is -0.334. The fourth-order valence-corrected chi connectivity index (χ4v) is 18.9. The van der Waals surface area contributed by atoms with Gasteiger partial charge in [0.15, 0.2) is 29.9 Å². The van der Waals surface area contributed by atoms with Gasteiger partial charge in [-0.25, -0.2) is 4.79 Å². The molecule has 45 nitrogen and oxygen atoms in total. The van der Waals surface area contributed by atoms with Gasteiger partial charge >= 0.3 is 21.2 Å². The van der Waals surface area contributed by atoms with Crippen molar-refractivity contribution in [3.05, 3.63) is 116 Å². The number of aliphatic hydroxyl groups excluding tert-OH is 6. The second kappa shape index (κ2) is 46.7. The SMILES string of the molecule is CCCCCCCCCCNCCN[C@@]1(C)CC(OC2C(Oc3c4cc5cc3Oc3ccc(cc3Cl)[C@H](O)C(NC(=O)C(CC(C)C)N(C)C(=O)CCC(=O)NC(P(=O)(O)O)P(=O)(O)O)C(=O)NC(CC(N)=O)C(=O)NC5C(=O)NC3C(=O)NC(C(=O)N[C@@H](C(=O)O)c5cc(O)c(CNCC=O)c(O)c5-c5cc3ccc5O)[C@H](O)c3ccc(c(Cl)c3)O4)OC(CO)C(O)C2O)OC(C)C1O. The number of carboxylic acids is 1. The maximum Gasteiger partial charge on any atom is 0.360 e. The van der Waals surface area contributed by atoms with E-state index in [-0.39, 0.29) is 30.5 Å². The number of aliphatic hydroxyl groups is 6. The number of phenolic OH excluding ortho intramolecular Hbond substituents is 3. The molecule has 135 heavy (non-hydrogen) atoms. The van der Waals surface area contributed by atoms with Gasteiger partial charge in [-0.05, 0) is 116 Å². The smallest absolute Gasteiger partial charge is 0.360 e. The van der Waals surface area contributed by atoms with E-state index in [1.165, 1.54) is 24.6 Å². The van der Waals surface area contributed by atoms with Crippen molar-refractivity contribution < 1.29 is 161 Å². The van der Waals surface area contributed by atoms with Crippen LogP contribution in [0.3, 0.4) is 0 Å². The van der Waals surface area contributed by atoms with Crippen molar-refractivity contribution in [2.24, 2.45) is 11.7 Å². The second-order valence-electron chi connectivity index (χ2n) is 34.1. The van der Waals surface area contributed by atoms with Crippen molar-refractivity contribution in [1.82, 2.24) is 58.1 Å². The number of rotatable bonds is 36. The number of benzene rings is 5. The Morgan fingerprint density at radius 2 is 1.29 bits per heavy atom. The minimum absolute atomic E-state index is 0.178. The molecule has 26 N–H and O–H groups in total. The standard InChI is InChI=1S/C86H114Cl2N12O33P2/c1-7-8-9-10-11-12-13-14-23-90-24-25-92-86(5)36-62(128-40(4)76(86)113)132-75-73(112)72(111)58(38-102)131-84(75)133-74-56-32-44-33-57(74)130-55-20-17-43(31-49(55)88)70(109)68-82(119)97-66(83(120)121)46-34-53(104)47(37-91-26-27-101)71(110)63(46)45-29-41(15-18-52(45)103)64(79(116)99-68)96-80(117)65(44)95-77(114)50(35-59(89)105)93-81(118)67(69(108)42-16-19-54(129-56)48(87)30-42)98-78(115)51(28-39(2)3)100(6)61(107)22-21-60(106)94-85(134(122,123)124)135(125,126)127/h15-20,27,29-34,39-40,50-51,58,62,64-70,72-73,75-76,84-85,90-92,102-104,108-113H,7-14,21-26,28,35-38H2,1-6H3,(H2,89,105)(H,93,118)(H,94,106)(H,95,114)(H,96,117)(H,97,119)(H,98,115)(H,99,116)(H,120,121)(H2,122,123,124)(H2,125,126,127)/t40?,50?,51?,58?,62?,64?,65?,66-,67?,68?,69+,70-,72?,73?,75?,76?,84?,86+/m1/s1. The van der Waals surface area contributed by atoms with Gasteiger partial charge in [0.2, 0.25) is 70.7 Å². The first kappa shape index (κ1) is 107. The van der Waals surface area contributed by atoms with Crippen LogP contribution in [-0.4, -0.2) is 265 Å². The third kappa shape index (κ3) is 26.5. The van der Waals surface area contributed by atoms with Crippen LogP contribution in [0.1, 0.15) is 182 Å². The summed E-state index contributed by atoms with van der Waals surface area (Å²) in [6.45, 7) is 8.14. The first-order valence-corrected chi connectivity index (χ1v) is 47.6. The molecule has 2 saturated heterocycles. The Hall–Kier alpha value is -10.3. The number of carboxylic acid groups (broad SMARTS) is 1. The summed E-state index contributed by atoms with van der Waals surface area (Å²) in [5.41, 5.74) is -2.56. The quantitative estimate of drug-likeness (QED) is 0.0154. The summed E-state index contributed by atoms with van der Waals surface area (Å²) in [5.74, 6) is -21.2. The van der Waals surface area contributed by atoms with Crippen LogP contribution in [-0.2, 0) is 82.6 Å². The predicted molar refractivity (Wildman–Crippen MR) is 475 cm³/mol. The number of nitrogens with zero attached hydrogens (tertiary/aromatic N) is 1. The van der Waals surface area contributed by atoms with Crippen LogP contribution in [0.4, 0.5) is 0 Å². The minimum Gasteiger partial charge on any atom is -0.507 e. The van der Waals surface area contributed by atoms with E-state index in [9.17, 15) is 104 Å². The van der Waals surface area contributed by atoms with Gasteiger partial charge in [0, 0.05) is 68.2 Å². The number of phenols is 3.